The summed E-state index contributed by atoms with van der Waals surface area (Å²) in [5.41, 5.74) is 0. The van der Waals surface area contributed by atoms with Crippen LogP contribution in [0.1, 0.15) is 40.0 Å². The number of nitrogens with one attached hydrogen (secondary N) is 1. The molecule has 0 saturated carbocycles. The lowest BCUT2D eigenvalue weighted by Crippen LogP contribution is -2.46. The van der Waals surface area contributed by atoms with Gasteiger partial charge in [0.1, 0.15) is 6.04 Å². The third-order valence-corrected chi connectivity index (χ3v) is 3.26. The molecule has 4 heteroatoms. The second kappa shape index (κ2) is 11.5. The molecule has 1 N–H and O–H groups in total. The highest BCUT2D eigenvalue weighted by atomic mass is 16.5. The summed E-state index contributed by atoms with van der Waals surface area (Å²) in [5, 5.41) is 12.5. The van der Waals surface area contributed by atoms with Crippen LogP contribution in [0.25, 0.3) is 0 Å². The molecule has 0 aliphatic rings. The summed E-state index contributed by atoms with van der Waals surface area (Å²) >= 11 is 0. The third kappa shape index (κ3) is 6.95. The molecule has 0 aromatic carbocycles. The largest absolute Gasteiger partial charge is 0.383 e. The van der Waals surface area contributed by atoms with Crippen LogP contribution in [0.3, 0.4) is 0 Å². The molecule has 18 heavy (non-hydrogen) atoms. The van der Waals surface area contributed by atoms with E-state index in [2.05, 4.69) is 37.1 Å². The SMILES string of the molecule is CCCNC(C#N)CN(CCOC)C(CC)CC. The number of nitrogens with zero attached hydrogens (tertiary/aromatic N) is 2. The molecule has 0 fully saturated rings. The summed E-state index contributed by atoms with van der Waals surface area (Å²) < 4.78 is 5.16. The molecule has 0 aromatic heterocycles. The van der Waals surface area contributed by atoms with Crippen LogP contribution in [0.2, 0.25) is 0 Å². The molecule has 1 unspecified atom stereocenters. The van der Waals surface area contributed by atoms with Crippen LogP contribution < -0.4 is 5.32 Å². The van der Waals surface area contributed by atoms with Crippen molar-refractivity contribution in [1.82, 2.24) is 10.2 Å². The first-order chi connectivity index (χ1) is 8.73. The Labute approximate surface area is 112 Å². The van der Waals surface area contributed by atoms with Gasteiger partial charge in [-0.3, -0.25) is 4.90 Å². The van der Waals surface area contributed by atoms with Crippen molar-refractivity contribution in [2.24, 2.45) is 0 Å². The Morgan fingerprint density at radius 2 is 1.94 bits per heavy atom. The molecule has 0 saturated heterocycles. The number of hydrogen-bond acceptors (Lipinski definition) is 4. The van der Waals surface area contributed by atoms with E-state index in [-0.39, 0.29) is 6.04 Å². The summed E-state index contributed by atoms with van der Waals surface area (Å²) in [5.74, 6) is 0. The fraction of sp³-hybridized carbons (Fsp3) is 0.929. The van der Waals surface area contributed by atoms with Gasteiger partial charge in [0.15, 0.2) is 0 Å². The maximum absolute atomic E-state index is 9.18. The lowest BCUT2D eigenvalue weighted by atomic mass is 10.1. The van der Waals surface area contributed by atoms with E-state index in [1.807, 2.05) is 0 Å². The van der Waals surface area contributed by atoms with Crippen LogP contribution in [0.4, 0.5) is 0 Å². The Morgan fingerprint density at radius 3 is 2.39 bits per heavy atom. The van der Waals surface area contributed by atoms with E-state index in [9.17, 15) is 5.26 Å². The van der Waals surface area contributed by atoms with Gasteiger partial charge in [0.2, 0.25) is 0 Å². The summed E-state index contributed by atoms with van der Waals surface area (Å²) in [7, 11) is 1.72. The normalized spacial score (nSPS) is 12.9. The molecule has 0 aromatic rings. The van der Waals surface area contributed by atoms with Crippen LogP contribution in [0, 0.1) is 11.3 Å². The van der Waals surface area contributed by atoms with Gasteiger partial charge < -0.3 is 10.1 Å². The van der Waals surface area contributed by atoms with Crippen molar-refractivity contribution in [1.29, 1.82) is 5.26 Å². The van der Waals surface area contributed by atoms with E-state index >= 15 is 0 Å². The van der Waals surface area contributed by atoms with Gasteiger partial charge in [-0.2, -0.15) is 5.26 Å². The van der Waals surface area contributed by atoms with Crippen LogP contribution in [-0.2, 0) is 4.74 Å². The predicted molar refractivity (Wildman–Crippen MR) is 75.5 cm³/mol. The van der Waals surface area contributed by atoms with Crippen molar-refractivity contribution in [2.45, 2.75) is 52.1 Å². The number of ether oxygens (including phenoxy) is 1. The highest BCUT2D eigenvalue weighted by Gasteiger charge is 2.18. The van der Waals surface area contributed by atoms with Gasteiger partial charge in [0.05, 0.1) is 12.7 Å². The van der Waals surface area contributed by atoms with Gasteiger partial charge in [-0.1, -0.05) is 20.8 Å². The zero-order valence-corrected chi connectivity index (χ0v) is 12.4. The molecule has 1 atom stereocenters. The second-order valence-electron chi connectivity index (χ2n) is 4.59. The number of hydrogen-bond donors (Lipinski definition) is 1. The minimum atomic E-state index is -0.0811. The third-order valence-electron chi connectivity index (χ3n) is 3.26. The molecule has 0 bridgehead atoms. The first-order valence-corrected chi connectivity index (χ1v) is 7.09. The van der Waals surface area contributed by atoms with E-state index in [1.165, 1.54) is 0 Å². The lowest BCUT2D eigenvalue weighted by Gasteiger charge is -2.31. The van der Waals surface area contributed by atoms with Crippen molar-refractivity contribution in [2.75, 3.05) is 33.4 Å². The van der Waals surface area contributed by atoms with Gasteiger partial charge >= 0.3 is 0 Å². The van der Waals surface area contributed by atoms with Crippen LogP contribution in [0.5, 0.6) is 0 Å². The standard InChI is InChI=1S/C14H29N3O/c1-5-8-16-13(11-15)12-17(9-10-18-4)14(6-2)7-3/h13-14,16H,5-10,12H2,1-4H3. The quantitative estimate of drug-likeness (QED) is 0.613. The average Bonchev–Trinajstić information content (AvgIpc) is 2.41. The maximum atomic E-state index is 9.18. The first kappa shape index (κ1) is 17.4. The molecule has 0 heterocycles. The van der Waals surface area contributed by atoms with E-state index in [0.717, 1.165) is 45.5 Å². The summed E-state index contributed by atoms with van der Waals surface area (Å²) in [6.45, 7) is 9.83. The molecule has 0 aliphatic heterocycles. The van der Waals surface area contributed by atoms with E-state index < -0.39 is 0 Å². The van der Waals surface area contributed by atoms with Crippen molar-refractivity contribution >= 4 is 0 Å². The monoisotopic (exact) mass is 255 g/mol. The minimum absolute atomic E-state index is 0.0811. The first-order valence-electron chi connectivity index (χ1n) is 7.09. The Balaban J connectivity index is 4.39. The van der Waals surface area contributed by atoms with Crippen LogP contribution in [-0.4, -0.2) is 50.3 Å². The number of methoxy groups -OCH3 is 1. The Bertz CT molecular complexity index is 224. The highest BCUT2D eigenvalue weighted by molar-refractivity contribution is 4.93. The fourth-order valence-corrected chi connectivity index (χ4v) is 2.14. The van der Waals surface area contributed by atoms with Crippen LogP contribution >= 0.6 is 0 Å². The molecule has 0 radical (unpaired) electrons. The fourth-order valence-electron chi connectivity index (χ4n) is 2.14. The van der Waals surface area contributed by atoms with Gasteiger partial charge in [0.25, 0.3) is 0 Å². The molecular weight excluding hydrogens is 226 g/mol. The zero-order valence-electron chi connectivity index (χ0n) is 12.4. The molecule has 0 spiro atoms. The predicted octanol–water partition coefficient (Wildman–Crippen LogP) is 2.02. The van der Waals surface area contributed by atoms with Crippen LogP contribution in [0.15, 0.2) is 0 Å². The number of rotatable bonds is 11. The molecule has 4 nitrogen and oxygen atoms in total. The topological polar surface area (TPSA) is 48.3 Å². The summed E-state index contributed by atoms with van der Waals surface area (Å²) in [6.07, 6.45) is 3.29. The molecule has 0 aliphatic carbocycles. The van der Waals surface area contributed by atoms with Crippen molar-refractivity contribution < 1.29 is 4.74 Å². The number of nitriles is 1. The molecule has 0 rings (SSSR count). The highest BCUT2D eigenvalue weighted by Crippen LogP contribution is 2.09. The molecule has 106 valence electrons. The van der Waals surface area contributed by atoms with Gasteiger partial charge in [-0.15, -0.1) is 0 Å². The maximum Gasteiger partial charge on any atom is 0.108 e. The summed E-state index contributed by atoms with van der Waals surface area (Å²) in [4.78, 5) is 2.38. The van der Waals surface area contributed by atoms with E-state index in [4.69, 9.17) is 4.74 Å². The zero-order chi connectivity index (χ0) is 13.8. The summed E-state index contributed by atoms with van der Waals surface area (Å²) in [6, 6.07) is 2.81. The van der Waals surface area contributed by atoms with E-state index in [1.54, 1.807) is 7.11 Å². The minimum Gasteiger partial charge on any atom is -0.383 e. The smallest absolute Gasteiger partial charge is 0.108 e. The van der Waals surface area contributed by atoms with Gasteiger partial charge in [-0.25, -0.2) is 0 Å². The van der Waals surface area contributed by atoms with Gasteiger partial charge in [-0.05, 0) is 25.8 Å². The second-order valence-corrected chi connectivity index (χ2v) is 4.59. The van der Waals surface area contributed by atoms with Crippen molar-refractivity contribution in [3.05, 3.63) is 0 Å². The molecular formula is C14H29N3O. The van der Waals surface area contributed by atoms with Crippen molar-refractivity contribution in [3.63, 3.8) is 0 Å². The average molecular weight is 255 g/mol. The Morgan fingerprint density at radius 1 is 1.28 bits per heavy atom. The van der Waals surface area contributed by atoms with E-state index in [0.29, 0.717) is 6.04 Å². The van der Waals surface area contributed by atoms with Gasteiger partial charge in [0, 0.05) is 26.2 Å². The molecule has 0 amide bonds. The van der Waals surface area contributed by atoms with Crippen molar-refractivity contribution in [3.8, 4) is 6.07 Å². The Kier molecular flexibility index (Phi) is 11.1. The lowest BCUT2D eigenvalue weighted by molar-refractivity contribution is 0.111. The Hall–Kier alpha value is -0.630.